The lowest BCUT2D eigenvalue weighted by Crippen LogP contribution is -2.23. The molecule has 2 atom stereocenters. The predicted octanol–water partition coefficient (Wildman–Crippen LogP) is 11.3. The Kier molecular flexibility index (Phi) is 9.48. The molecule has 0 heteroatoms. The van der Waals surface area contributed by atoms with Crippen molar-refractivity contribution in [1.29, 1.82) is 0 Å². The van der Waals surface area contributed by atoms with E-state index < -0.39 is 0 Å². The molecule has 4 aliphatic carbocycles. The summed E-state index contributed by atoms with van der Waals surface area (Å²) in [5, 5.41) is 0. The minimum Gasteiger partial charge on any atom is -0.0804 e. The summed E-state index contributed by atoms with van der Waals surface area (Å²) in [5.41, 5.74) is 6.21. The van der Waals surface area contributed by atoms with Gasteiger partial charge in [0, 0.05) is 0 Å². The van der Waals surface area contributed by atoms with E-state index in [-0.39, 0.29) is 0 Å². The van der Waals surface area contributed by atoms with Gasteiger partial charge >= 0.3 is 0 Å². The molecule has 0 N–H and O–H groups in total. The molecular formula is C36H54. The molecule has 36 heavy (non-hydrogen) atoms. The van der Waals surface area contributed by atoms with Gasteiger partial charge in [0.15, 0.2) is 0 Å². The van der Waals surface area contributed by atoms with Crippen molar-refractivity contribution in [2.45, 2.75) is 129 Å². The summed E-state index contributed by atoms with van der Waals surface area (Å²) in [6.45, 7) is 4.71. The van der Waals surface area contributed by atoms with Gasteiger partial charge in [-0.2, -0.15) is 0 Å². The van der Waals surface area contributed by atoms with Gasteiger partial charge in [-0.25, -0.2) is 0 Å². The van der Waals surface area contributed by atoms with E-state index in [1.54, 1.807) is 11.1 Å². The van der Waals surface area contributed by atoms with E-state index in [4.69, 9.17) is 0 Å². The van der Waals surface area contributed by atoms with E-state index in [2.05, 4.69) is 50.3 Å². The molecule has 198 valence electrons. The molecule has 0 nitrogen and oxygen atoms in total. The number of hydrogen-bond donors (Lipinski definition) is 0. The summed E-state index contributed by atoms with van der Waals surface area (Å²) in [6, 6.07) is 9.72. The van der Waals surface area contributed by atoms with Gasteiger partial charge < -0.3 is 0 Å². The van der Waals surface area contributed by atoms with Crippen LogP contribution < -0.4 is 0 Å². The highest BCUT2D eigenvalue weighted by molar-refractivity contribution is 5.71. The molecule has 1 aromatic carbocycles. The minimum atomic E-state index is 0.956. The van der Waals surface area contributed by atoms with Crippen molar-refractivity contribution in [2.24, 2.45) is 35.5 Å². The molecule has 2 saturated carbocycles. The highest BCUT2D eigenvalue weighted by atomic mass is 14.4. The number of allylic oxidation sites excluding steroid dienone is 4. The summed E-state index contributed by atoms with van der Waals surface area (Å²) in [6.07, 6.45) is 31.0. The van der Waals surface area contributed by atoms with Crippen LogP contribution in [0.1, 0.15) is 141 Å². The maximum Gasteiger partial charge on any atom is -0.0227 e. The lowest BCUT2D eigenvalue weighted by molar-refractivity contribution is 0.189. The molecule has 5 rings (SSSR count). The van der Waals surface area contributed by atoms with E-state index in [1.807, 2.05) is 0 Å². The Morgan fingerprint density at radius 3 is 1.19 bits per heavy atom. The van der Waals surface area contributed by atoms with Crippen LogP contribution >= 0.6 is 0 Å². The predicted molar refractivity (Wildman–Crippen MR) is 158 cm³/mol. The van der Waals surface area contributed by atoms with Crippen LogP contribution in [0.4, 0.5) is 0 Å². The molecule has 2 unspecified atom stereocenters. The first kappa shape index (κ1) is 26.3. The highest BCUT2D eigenvalue weighted by Gasteiger charge is 2.30. The van der Waals surface area contributed by atoms with Crippen LogP contribution in [-0.2, 0) is 0 Å². The molecule has 0 bridgehead atoms. The normalized spacial score (nSPS) is 33.6. The Labute approximate surface area is 223 Å². The van der Waals surface area contributed by atoms with Crippen LogP contribution in [0.5, 0.6) is 0 Å². The van der Waals surface area contributed by atoms with Crippen LogP contribution in [0.2, 0.25) is 0 Å². The van der Waals surface area contributed by atoms with Crippen molar-refractivity contribution < 1.29 is 0 Å². The molecule has 0 radical (unpaired) electrons. The monoisotopic (exact) mass is 486 g/mol. The molecule has 0 amide bonds. The maximum atomic E-state index is 2.61. The van der Waals surface area contributed by atoms with E-state index in [0.717, 1.165) is 35.5 Å². The second kappa shape index (κ2) is 13.0. The molecule has 4 aliphatic rings. The van der Waals surface area contributed by atoms with E-state index in [9.17, 15) is 0 Å². The molecule has 0 heterocycles. The number of hydrogen-bond acceptors (Lipinski definition) is 0. The van der Waals surface area contributed by atoms with Gasteiger partial charge in [0.1, 0.15) is 0 Å². The third-order valence-electron chi connectivity index (χ3n) is 11.0. The Hall–Kier alpha value is -1.30. The van der Waals surface area contributed by atoms with Crippen LogP contribution in [0.25, 0.3) is 11.1 Å². The second-order valence-corrected chi connectivity index (χ2v) is 13.2. The standard InChI is InChI=1S/C36H54/c1-3-5-27-7-11-29(12-8-27)31-15-19-33(20-16-31)35-23-25-36(26-24-35)34-21-17-32(18-22-34)30-13-9-28(6-4-2)10-14-30/h19,21,23-32H,3-18,20,22H2,1-2H3/t27-,28-,29-,30-,31?,32?. The van der Waals surface area contributed by atoms with E-state index in [1.165, 1.54) is 127 Å². The summed E-state index contributed by atoms with van der Waals surface area (Å²) in [7, 11) is 0. The van der Waals surface area contributed by atoms with E-state index >= 15 is 0 Å². The maximum absolute atomic E-state index is 2.61. The van der Waals surface area contributed by atoms with Crippen LogP contribution in [0, 0.1) is 35.5 Å². The summed E-state index contributed by atoms with van der Waals surface area (Å²) in [4.78, 5) is 0. The average Bonchev–Trinajstić information content (AvgIpc) is 2.95. The van der Waals surface area contributed by atoms with Crippen LogP contribution in [-0.4, -0.2) is 0 Å². The van der Waals surface area contributed by atoms with Gasteiger partial charge in [0.25, 0.3) is 0 Å². The summed E-state index contributed by atoms with van der Waals surface area (Å²) in [5.74, 6) is 6.00. The quantitative estimate of drug-likeness (QED) is 0.343. The van der Waals surface area contributed by atoms with Gasteiger partial charge in [-0.05, 0) is 122 Å². The van der Waals surface area contributed by atoms with Crippen molar-refractivity contribution in [3.8, 4) is 0 Å². The fraction of sp³-hybridized carbons (Fsp3) is 0.722. The van der Waals surface area contributed by atoms with Crippen LogP contribution in [0.3, 0.4) is 0 Å². The smallest absolute Gasteiger partial charge is 0.0227 e. The van der Waals surface area contributed by atoms with Gasteiger partial charge in [-0.15, -0.1) is 0 Å². The first-order valence-corrected chi connectivity index (χ1v) is 16.2. The summed E-state index contributed by atoms with van der Waals surface area (Å²) < 4.78 is 0. The fourth-order valence-corrected chi connectivity index (χ4v) is 8.70. The first-order valence-electron chi connectivity index (χ1n) is 16.2. The molecule has 0 aliphatic heterocycles. The number of benzene rings is 1. The zero-order chi connectivity index (χ0) is 24.7. The van der Waals surface area contributed by atoms with Crippen LogP contribution in [0.15, 0.2) is 36.4 Å². The Morgan fingerprint density at radius 2 is 0.889 bits per heavy atom. The van der Waals surface area contributed by atoms with Crippen molar-refractivity contribution in [3.63, 3.8) is 0 Å². The topological polar surface area (TPSA) is 0 Å². The third kappa shape index (κ3) is 6.57. The first-order chi connectivity index (χ1) is 17.7. The van der Waals surface area contributed by atoms with Crippen molar-refractivity contribution >= 4 is 11.1 Å². The van der Waals surface area contributed by atoms with Gasteiger partial charge in [-0.3, -0.25) is 0 Å². The summed E-state index contributed by atoms with van der Waals surface area (Å²) >= 11 is 0. The molecule has 1 aromatic rings. The zero-order valence-corrected chi connectivity index (χ0v) is 23.7. The lowest BCUT2D eigenvalue weighted by atomic mass is 9.70. The molecule has 0 aromatic heterocycles. The highest BCUT2D eigenvalue weighted by Crippen LogP contribution is 2.44. The average molecular weight is 487 g/mol. The van der Waals surface area contributed by atoms with E-state index in [0.29, 0.717) is 0 Å². The zero-order valence-electron chi connectivity index (χ0n) is 23.7. The minimum absolute atomic E-state index is 0.956. The molecular weight excluding hydrogens is 432 g/mol. The largest absolute Gasteiger partial charge is 0.0804 e. The number of rotatable bonds is 8. The Morgan fingerprint density at radius 1 is 0.500 bits per heavy atom. The van der Waals surface area contributed by atoms with Crippen molar-refractivity contribution in [1.82, 2.24) is 0 Å². The molecule has 0 spiro atoms. The SMILES string of the molecule is CCC[C@H]1CC[C@H](C2CC=C(c3ccc(C4=CCC([C@H]5CC[C@H](CCC)CC5)CC4)cc3)CC2)CC1. The van der Waals surface area contributed by atoms with Gasteiger partial charge in [0.05, 0.1) is 0 Å². The Bertz CT molecular complexity index is 781. The Balaban J connectivity index is 1.10. The second-order valence-electron chi connectivity index (χ2n) is 13.2. The van der Waals surface area contributed by atoms with Crippen molar-refractivity contribution in [2.75, 3.05) is 0 Å². The molecule has 2 fully saturated rings. The molecule has 0 saturated heterocycles. The van der Waals surface area contributed by atoms with Crippen molar-refractivity contribution in [3.05, 3.63) is 47.5 Å². The van der Waals surface area contributed by atoms with Gasteiger partial charge in [-0.1, -0.05) is 102 Å². The fourth-order valence-electron chi connectivity index (χ4n) is 8.70. The third-order valence-corrected chi connectivity index (χ3v) is 11.0. The lowest BCUT2D eigenvalue weighted by Gasteiger charge is -2.35. The van der Waals surface area contributed by atoms with Gasteiger partial charge in [0.2, 0.25) is 0 Å².